The number of carboxylic acid groups (broad SMARTS) is 1. The second-order valence-electron chi connectivity index (χ2n) is 6.99. The number of nitrogens with zero attached hydrogens (tertiary/aromatic N) is 1. The van der Waals surface area contributed by atoms with Crippen molar-refractivity contribution in [3.63, 3.8) is 0 Å². The van der Waals surface area contributed by atoms with E-state index in [0.717, 1.165) is 16.9 Å². The topological polar surface area (TPSA) is 74.7 Å². The van der Waals surface area contributed by atoms with Crippen LogP contribution in [-0.2, 0) is 14.8 Å². The third kappa shape index (κ3) is 4.26. The molecule has 1 N–H and O–H groups in total. The minimum Gasteiger partial charge on any atom is -0.481 e. The summed E-state index contributed by atoms with van der Waals surface area (Å²) >= 11 is 1.60. The molecule has 0 aromatic heterocycles. The number of hydrogen-bond acceptors (Lipinski definition) is 4. The molecule has 3 atom stereocenters. The predicted octanol–water partition coefficient (Wildman–Crippen LogP) is 3.95. The third-order valence-electron chi connectivity index (χ3n) is 5.14. The van der Waals surface area contributed by atoms with Gasteiger partial charge in [-0.05, 0) is 36.8 Å². The summed E-state index contributed by atoms with van der Waals surface area (Å²) in [7, 11) is -3.81. The van der Waals surface area contributed by atoms with Gasteiger partial charge in [-0.2, -0.15) is 16.1 Å². The van der Waals surface area contributed by atoms with Crippen LogP contribution in [0.1, 0.15) is 30.5 Å². The molecule has 1 saturated heterocycles. The van der Waals surface area contributed by atoms with Gasteiger partial charge in [-0.25, -0.2) is 8.42 Å². The zero-order valence-electron chi connectivity index (χ0n) is 16.0. The molecule has 1 aliphatic heterocycles. The summed E-state index contributed by atoms with van der Waals surface area (Å²) < 4.78 is 28.2. The summed E-state index contributed by atoms with van der Waals surface area (Å²) in [5.41, 5.74) is 2.00. The van der Waals surface area contributed by atoms with E-state index in [0.29, 0.717) is 6.42 Å². The lowest BCUT2D eigenvalue weighted by Gasteiger charge is -2.41. The molecule has 0 bridgehead atoms. The fraction of sp³-hybridized carbons (Fsp3) is 0.381. The lowest BCUT2D eigenvalue weighted by atomic mass is 9.90. The largest absolute Gasteiger partial charge is 0.481 e. The smallest absolute Gasteiger partial charge is 0.308 e. The summed E-state index contributed by atoms with van der Waals surface area (Å²) in [5.74, 6) is -0.882. The zero-order valence-corrected chi connectivity index (χ0v) is 17.6. The number of carbonyl (C=O) groups is 1. The molecule has 0 amide bonds. The van der Waals surface area contributed by atoms with E-state index in [4.69, 9.17) is 0 Å². The highest BCUT2D eigenvalue weighted by atomic mass is 32.2. The molecule has 0 radical (unpaired) electrons. The predicted molar refractivity (Wildman–Crippen MR) is 112 cm³/mol. The van der Waals surface area contributed by atoms with Crippen LogP contribution in [-0.4, -0.2) is 41.3 Å². The number of hydrogen-bond donors (Lipinski definition) is 1. The van der Waals surface area contributed by atoms with Crippen LogP contribution in [0.15, 0.2) is 59.5 Å². The Labute approximate surface area is 170 Å². The molecule has 1 aliphatic rings. The van der Waals surface area contributed by atoms with E-state index < -0.39 is 21.9 Å². The maximum atomic E-state index is 13.4. The first-order valence-corrected chi connectivity index (χ1v) is 11.8. The van der Waals surface area contributed by atoms with Crippen molar-refractivity contribution in [3.05, 3.63) is 65.7 Å². The molecular formula is C21H25NO4S2. The van der Waals surface area contributed by atoms with E-state index in [1.807, 2.05) is 38.1 Å². The van der Waals surface area contributed by atoms with Crippen molar-refractivity contribution in [2.45, 2.75) is 36.5 Å². The minimum absolute atomic E-state index is 0.0250. The molecule has 150 valence electrons. The van der Waals surface area contributed by atoms with Crippen molar-refractivity contribution >= 4 is 27.8 Å². The van der Waals surface area contributed by atoms with Crippen molar-refractivity contribution in [3.8, 4) is 0 Å². The molecule has 7 heteroatoms. The van der Waals surface area contributed by atoms with Gasteiger partial charge in [0, 0.05) is 11.8 Å². The quantitative estimate of drug-likeness (QED) is 0.767. The van der Waals surface area contributed by atoms with Crippen molar-refractivity contribution in [2.75, 3.05) is 12.3 Å². The highest BCUT2D eigenvalue weighted by Crippen LogP contribution is 2.42. The highest BCUT2D eigenvalue weighted by molar-refractivity contribution is 7.99. The van der Waals surface area contributed by atoms with Crippen LogP contribution in [0.25, 0.3) is 0 Å². The highest BCUT2D eigenvalue weighted by Gasteiger charge is 2.45. The summed E-state index contributed by atoms with van der Waals surface area (Å²) in [5, 5.41) is 9.62. The molecule has 3 rings (SSSR count). The number of benzene rings is 2. The average Bonchev–Trinajstić information content (AvgIpc) is 2.69. The van der Waals surface area contributed by atoms with Gasteiger partial charge in [0.05, 0.1) is 16.9 Å². The second kappa shape index (κ2) is 8.68. The van der Waals surface area contributed by atoms with Gasteiger partial charge in [-0.15, -0.1) is 0 Å². The number of piperidine rings is 1. The van der Waals surface area contributed by atoms with E-state index in [1.165, 1.54) is 4.31 Å². The van der Waals surface area contributed by atoms with Crippen molar-refractivity contribution in [2.24, 2.45) is 5.92 Å². The SMILES string of the molecule is CCS[C@@H]1C[C@@H](c2ccc(C)cc2)N(S(=O)(=O)c2ccccc2)C[C@H]1C(=O)O. The lowest BCUT2D eigenvalue weighted by Crippen LogP contribution is -2.49. The number of aryl methyl sites for hydroxylation is 1. The molecule has 0 saturated carbocycles. The Morgan fingerprint density at radius 2 is 1.79 bits per heavy atom. The number of rotatable bonds is 6. The monoisotopic (exact) mass is 419 g/mol. The first-order valence-electron chi connectivity index (χ1n) is 9.32. The van der Waals surface area contributed by atoms with Crippen molar-refractivity contribution in [1.82, 2.24) is 4.31 Å². The average molecular weight is 420 g/mol. The van der Waals surface area contributed by atoms with E-state index >= 15 is 0 Å². The van der Waals surface area contributed by atoms with Crippen LogP contribution >= 0.6 is 11.8 Å². The standard InChI is InChI=1S/C21H25NO4S2/c1-3-27-20-13-19(16-11-9-15(2)10-12-16)22(14-18(20)21(23)24)28(25,26)17-7-5-4-6-8-17/h4-12,18-20H,3,13-14H2,1-2H3,(H,23,24)/t18-,19+,20-/m1/s1. The summed E-state index contributed by atoms with van der Waals surface area (Å²) in [6.45, 7) is 3.96. The third-order valence-corrected chi connectivity index (χ3v) is 8.31. The Morgan fingerprint density at radius 1 is 1.14 bits per heavy atom. The molecule has 28 heavy (non-hydrogen) atoms. The van der Waals surface area contributed by atoms with Gasteiger partial charge < -0.3 is 5.11 Å². The van der Waals surface area contributed by atoms with E-state index in [2.05, 4.69) is 0 Å². The van der Waals surface area contributed by atoms with Crippen molar-refractivity contribution in [1.29, 1.82) is 0 Å². The van der Waals surface area contributed by atoms with Gasteiger partial charge in [-0.3, -0.25) is 4.79 Å². The Bertz CT molecular complexity index is 913. The number of thioether (sulfide) groups is 1. The van der Waals surface area contributed by atoms with Crippen LogP contribution in [0.5, 0.6) is 0 Å². The van der Waals surface area contributed by atoms with E-state index in [9.17, 15) is 18.3 Å². The Hall–Kier alpha value is -1.83. The molecule has 1 heterocycles. The number of carboxylic acids is 1. The van der Waals surface area contributed by atoms with E-state index in [1.54, 1.807) is 42.1 Å². The molecule has 0 aliphatic carbocycles. The maximum absolute atomic E-state index is 13.4. The molecule has 0 spiro atoms. The maximum Gasteiger partial charge on any atom is 0.308 e. The normalized spacial score (nSPS) is 23.4. The van der Waals surface area contributed by atoms with Gasteiger partial charge >= 0.3 is 5.97 Å². The first kappa shape index (κ1) is 20.9. The molecular weight excluding hydrogens is 394 g/mol. The van der Waals surface area contributed by atoms with Gasteiger partial charge in [0.2, 0.25) is 10.0 Å². The second-order valence-corrected chi connectivity index (χ2v) is 10.4. The molecule has 0 unspecified atom stereocenters. The fourth-order valence-corrected chi connectivity index (χ4v) is 6.51. The Kier molecular flexibility index (Phi) is 6.47. The molecule has 2 aromatic carbocycles. The van der Waals surface area contributed by atoms with Crippen LogP contribution in [0.2, 0.25) is 0 Å². The van der Waals surface area contributed by atoms with E-state index in [-0.39, 0.29) is 22.7 Å². The Balaban J connectivity index is 2.06. The van der Waals surface area contributed by atoms with Gasteiger partial charge in [0.1, 0.15) is 0 Å². The molecule has 5 nitrogen and oxygen atoms in total. The summed E-state index contributed by atoms with van der Waals surface area (Å²) in [6, 6.07) is 15.7. The van der Waals surface area contributed by atoms with Crippen LogP contribution < -0.4 is 0 Å². The lowest BCUT2D eigenvalue weighted by molar-refractivity contribution is -0.143. The number of aliphatic carboxylic acids is 1. The first-order chi connectivity index (χ1) is 13.3. The van der Waals surface area contributed by atoms with Gasteiger partial charge in [-0.1, -0.05) is 55.0 Å². The summed E-state index contributed by atoms with van der Waals surface area (Å²) in [4.78, 5) is 12.1. The van der Waals surface area contributed by atoms with Crippen LogP contribution in [0.3, 0.4) is 0 Å². The molecule has 1 fully saturated rings. The zero-order chi connectivity index (χ0) is 20.3. The van der Waals surface area contributed by atoms with Gasteiger partial charge in [0.25, 0.3) is 0 Å². The fourth-order valence-electron chi connectivity index (χ4n) is 3.66. The molecule has 2 aromatic rings. The summed E-state index contributed by atoms with van der Waals surface area (Å²) in [6.07, 6.45) is 0.477. The van der Waals surface area contributed by atoms with Crippen molar-refractivity contribution < 1.29 is 18.3 Å². The van der Waals surface area contributed by atoms with Gasteiger partial charge in [0.15, 0.2) is 0 Å². The van der Waals surface area contributed by atoms with Crippen LogP contribution in [0, 0.1) is 12.8 Å². The minimum atomic E-state index is -3.81. The van der Waals surface area contributed by atoms with Crippen LogP contribution in [0.4, 0.5) is 0 Å². The number of sulfonamides is 1. The Morgan fingerprint density at radius 3 is 2.36 bits per heavy atom.